The molecule has 2 aromatic carbocycles. The van der Waals surface area contributed by atoms with Gasteiger partial charge in [-0.15, -0.1) is 0 Å². The highest BCUT2D eigenvalue weighted by atomic mass is 19.1. The first-order chi connectivity index (χ1) is 12.1. The number of nitrogens with one attached hydrogen (secondary N) is 2. The van der Waals surface area contributed by atoms with Crippen LogP contribution in [0, 0.1) is 15.9 Å². The molecule has 9 nitrogen and oxygen atoms in total. The highest BCUT2D eigenvalue weighted by molar-refractivity contribution is 6.00. The smallest absolute Gasteiger partial charge is 0.323 e. The lowest BCUT2D eigenvalue weighted by Gasteiger charge is -2.11. The summed E-state index contributed by atoms with van der Waals surface area (Å²) in [5.41, 5.74) is 1.11. The van der Waals surface area contributed by atoms with Gasteiger partial charge in [-0.2, -0.15) is 0 Å². The second kappa shape index (κ2) is 7.09. The molecule has 0 amide bonds. The largest absolute Gasteiger partial charge is 0.396 e. The van der Waals surface area contributed by atoms with Crippen LogP contribution in [0.3, 0.4) is 0 Å². The number of nitrogens with zero attached hydrogens (tertiary/aromatic N) is 3. The van der Waals surface area contributed by atoms with Gasteiger partial charge in [0.2, 0.25) is 5.52 Å². The molecular weight excluding hydrogens is 333 g/mol. The van der Waals surface area contributed by atoms with E-state index in [1.165, 1.54) is 30.3 Å². The fraction of sp³-hybridized carbons (Fsp3) is 0.200. The van der Waals surface area contributed by atoms with Gasteiger partial charge in [0.25, 0.3) is 0 Å². The minimum atomic E-state index is -0.574. The van der Waals surface area contributed by atoms with Crippen molar-refractivity contribution in [1.29, 1.82) is 0 Å². The number of benzene rings is 2. The number of hydrogen-bond donors (Lipinski definition) is 3. The van der Waals surface area contributed by atoms with Gasteiger partial charge < -0.3 is 15.7 Å². The fourth-order valence-electron chi connectivity index (χ4n) is 2.33. The summed E-state index contributed by atoms with van der Waals surface area (Å²) in [6.45, 7) is 0.291. The maximum atomic E-state index is 13.0. The van der Waals surface area contributed by atoms with Crippen LogP contribution in [-0.2, 0) is 0 Å². The summed E-state index contributed by atoms with van der Waals surface area (Å²) in [5, 5.41) is 33.6. The zero-order valence-electron chi connectivity index (χ0n) is 12.9. The molecule has 1 heterocycles. The van der Waals surface area contributed by atoms with Gasteiger partial charge >= 0.3 is 5.69 Å². The first kappa shape index (κ1) is 16.6. The van der Waals surface area contributed by atoms with Gasteiger partial charge in [0.05, 0.1) is 10.6 Å². The summed E-state index contributed by atoms with van der Waals surface area (Å²) >= 11 is 0. The van der Waals surface area contributed by atoms with Gasteiger partial charge in [0.15, 0.2) is 5.52 Å². The summed E-state index contributed by atoms with van der Waals surface area (Å²) < 4.78 is 17.7. The van der Waals surface area contributed by atoms with E-state index in [1.807, 2.05) is 0 Å². The Balaban J connectivity index is 2.05. The summed E-state index contributed by atoms with van der Waals surface area (Å²) in [4.78, 5) is 10.8. The summed E-state index contributed by atoms with van der Waals surface area (Å²) in [7, 11) is 0. The van der Waals surface area contributed by atoms with Crippen LogP contribution in [0.4, 0.5) is 27.1 Å². The zero-order valence-corrected chi connectivity index (χ0v) is 12.9. The van der Waals surface area contributed by atoms with Crippen LogP contribution in [0.1, 0.15) is 6.42 Å². The van der Waals surface area contributed by atoms with Crippen molar-refractivity contribution in [2.75, 3.05) is 23.8 Å². The first-order valence-corrected chi connectivity index (χ1v) is 7.41. The molecule has 0 bridgehead atoms. The normalized spacial score (nSPS) is 10.8. The lowest BCUT2D eigenvalue weighted by atomic mass is 10.1. The Kier molecular flexibility index (Phi) is 4.70. The number of aliphatic hydroxyl groups excluding tert-OH is 1. The Morgan fingerprint density at radius 1 is 1.20 bits per heavy atom. The van der Waals surface area contributed by atoms with E-state index in [2.05, 4.69) is 25.6 Å². The molecule has 3 N–H and O–H groups in total. The molecule has 0 atom stereocenters. The van der Waals surface area contributed by atoms with E-state index in [9.17, 15) is 14.5 Å². The standard InChI is InChI=1S/C15H14FN5O4/c16-9-2-4-10(5-3-9)18-11-8-12(17-6-1-7-22)15(21(23)24)14-13(11)19-25-20-14/h2-5,8,17-18,22H,1,6-7H2. The highest BCUT2D eigenvalue weighted by Crippen LogP contribution is 2.37. The third-order valence-corrected chi connectivity index (χ3v) is 3.47. The van der Waals surface area contributed by atoms with Crippen LogP contribution < -0.4 is 10.6 Å². The van der Waals surface area contributed by atoms with Gasteiger partial charge in [-0.05, 0) is 47.1 Å². The van der Waals surface area contributed by atoms with Crippen molar-refractivity contribution in [2.24, 2.45) is 0 Å². The van der Waals surface area contributed by atoms with Crippen LogP contribution in [0.5, 0.6) is 0 Å². The van der Waals surface area contributed by atoms with E-state index in [4.69, 9.17) is 5.11 Å². The molecule has 0 aliphatic heterocycles. The molecule has 130 valence electrons. The lowest BCUT2D eigenvalue weighted by molar-refractivity contribution is -0.382. The fourth-order valence-corrected chi connectivity index (χ4v) is 2.33. The van der Waals surface area contributed by atoms with Crippen molar-refractivity contribution in [3.63, 3.8) is 0 Å². The highest BCUT2D eigenvalue weighted by Gasteiger charge is 2.25. The van der Waals surface area contributed by atoms with Crippen LogP contribution in [0.25, 0.3) is 11.0 Å². The Labute approximate surface area is 140 Å². The Bertz CT molecular complexity index is 897. The summed E-state index contributed by atoms with van der Waals surface area (Å²) in [6.07, 6.45) is 0.424. The number of nitro benzene ring substituents is 1. The molecule has 0 spiro atoms. The third-order valence-electron chi connectivity index (χ3n) is 3.47. The van der Waals surface area contributed by atoms with Gasteiger partial charge in [0, 0.05) is 18.8 Å². The molecule has 10 heteroatoms. The number of rotatable bonds is 7. The zero-order chi connectivity index (χ0) is 17.8. The Morgan fingerprint density at radius 2 is 1.92 bits per heavy atom. The molecule has 0 saturated carbocycles. The third kappa shape index (κ3) is 3.48. The van der Waals surface area contributed by atoms with Crippen molar-refractivity contribution >= 4 is 33.8 Å². The minimum Gasteiger partial charge on any atom is -0.396 e. The van der Waals surface area contributed by atoms with E-state index in [0.29, 0.717) is 24.3 Å². The Hall–Kier alpha value is -3.27. The number of nitro groups is 1. The second-order valence-corrected chi connectivity index (χ2v) is 5.17. The molecule has 0 saturated heterocycles. The van der Waals surface area contributed by atoms with E-state index in [0.717, 1.165) is 0 Å². The molecule has 1 aromatic heterocycles. The van der Waals surface area contributed by atoms with E-state index in [-0.39, 0.29) is 34.8 Å². The topological polar surface area (TPSA) is 126 Å². The SMILES string of the molecule is O=[N+]([O-])c1c(NCCCO)cc(Nc2ccc(F)cc2)c2nonc12. The van der Waals surface area contributed by atoms with Gasteiger partial charge in [-0.25, -0.2) is 9.02 Å². The summed E-state index contributed by atoms with van der Waals surface area (Å²) in [5.74, 6) is -0.381. The van der Waals surface area contributed by atoms with Gasteiger partial charge in [-0.1, -0.05) is 0 Å². The van der Waals surface area contributed by atoms with Crippen molar-refractivity contribution in [2.45, 2.75) is 6.42 Å². The number of anilines is 3. The summed E-state index contributed by atoms with van der Waals surface area (Å²) in [6, 6.07) is 7.12. The van der Waals surface area contributed by atoms with Gasteiger partial charge in [-0.3, -0.25) is 10.1 Å². The molecule has 25 heavy (non-hydrogen) atoms. The average molecular weight is 347 g/mol. The first-order valence-electron chi connectivity index (χ1n) is 7.41. The van der Waals surface area contributed by atoms with Crippen molar-refractivity contribution in [3.8, 4) is 0 Å². The molecular formula is C15H14FN5O4. The van der Waals surface area contributed by atoms with Crippen molar-refractivity contribution in [1.82, 2.24) is 10.3 Å². The lowest BCUT2D eigenvalue weighted by Crippen LogP contribution is -2.07. The number of fused-ring (bicyclic) bond motifs is 1. The maximum Gasteiger partial charge on any atom is 0.323 e. The van der Waals surface area contributed by atoms with E-state index < -0.39 is 4.92 Å². The number of aromatic nitrogens is 2. The van der Waals surface area contributed by atoms with E-state index in [1.54, 1.807) is 0 Å². The Morgan fingerprint density at radius 3 is 2.60 bits per heavy atom. The molecule has 3 aromatic rings. The number of halogens is 1. The van der Waals surface area contributed by atoms with E-state index >= 15 is 0 Å². The van der Waals surface area contributed by atoms with Crippen LogP contribution in [0.2, 0.25) is 0 Å². The quantitative estimate of drug-likeness (QED) is 0.338. The maximum absolute atomic E-state index is 13.0. The van der Waals surface area contributed by atoms with Crippen molar-refractivity contribution < 1.29 is 19.0 Å². The molecule has 3 rings (SSSR count). The van der Waals surface area contributed by atoms with Crippen LogP contribution in [0.15, 0.2) is 35.0 Å². The average Bonchev–Trinajstić information content (AvgIpc) is 3.06. The predicted octanol–water partition coefficient (Wildman–Crippen LogP) is 2.81. The van der Waals surface area contributed by atoms with Crippen molar-refractivity contribution in [3.05, 3.63) is 46.3 Å². The molecule has 0 fully saturated rings. The van der Waals surface area contributed by atoms with Crippen LogP contribution >= 0.6 is 0 Å². The number of hydrogen-bond acceptors (Lipinski definition) is 8. The predicted molar refractivity (Wildman–Crippen MR) is 88.3 cm³/mol. The monoisotopic (exact) mass is 347 g/mol. The number of aliphatic hydroxyl groups is 1. The van der Waals surface area contributed by atoms with Crippen LogP contribution in [-0.4, -0.2) is 33.5 Å². The molecule has 0 radical (unpaired) electrons. The molecule has 0 unspecified atom stereocenters. The second-order valence-electron chi connectivity index (χ2n) is 5.17. The molecule has 0 aliphatic rings. The van der Waals surface area contributed by atoms with Gasteiger partial charge in [0.1, 0.15) is 11.5 Å². The molecule has 0 aliphatic carbocycles. The minimum absolute atomic E-state index is 0.0105.